The lowest BCUT2D eigenvalue weighted by Crippen LogP contribution is -2.29. The summed E-state index contributed by atoms with van der Waals surface area (Å²) in [7, 11) is 0. The Hall–Kier alpha value is -1.56. The number of carboxylic acids is 1. The van der Waals surface area contributed by atoms with Gasteiger partial charge in [0.05, 0.1) is 5.56 Å². The predicted octanol–water partition coefficient (Wildman–Crippen LogP) is 1.74. The van der Waals surface area contributed by atoms with Crippen LogP contribution in [0.25, 0.3) is 0 Å². The van der Waals surface area contributed by atoms with Crippen LogP contribution in [0.3, 0.4) is 0 Å². The first kappa shape index (κ1) is 13.9. The molecule has 6 heteroatoms. The Morgan fingerprint density at radius 2 is 2.37 bits per heavy atom. The van der Waals surface area contributed by atoms with Gasteiger partial charge in [-0.15, -0.1) is 11.8 Å². The fraction of sp³-hybridized carbons (Fsp3) is 0.462. The standard InChI is InChI=1S/C13H16N2O3S/c1-19-12-10(3-2-5-14-12)13(18)15-6-4-9(8-15)7-11(16)17/h2-3,5,9H,4,6-8H2,1H3,(H,16,17). The summed E-state index contributed by atoms with van der Waals surface area (Å²) in [5.74, 6) is -0.785. The number of carbonyl (C=O) groups excluding carboxylic acids is 1. The molecule has 0 bridgehead atoms. The lowest BCUT2D eigenvalue weighted by molar-refractivity contribution is -0.138. The molecule has 1 atom stereocenters. The monoisotopic (exact) mass is 280 g/mol. The van der Waals surface area contributed by atoms with Crippen LogP contribution in [0.1, 0.15) is 23.2 Å². The number of carboxylic acid groups (broad SMARTS) is 1. The molecule has 0 aliphatic carbocycles. The largest absolute Gasteiger partial charge is 0.481 e. The third-order valence-corrected chi connectivity index (χ3v) is 3.94. The molecule has 1 amide bonds. The van der Waals surface area contributed by atoms with E-state index in [-0.39, 0.29) is 18.2 Å². The Morgan fingerprint density at radius 3 is 3.05 bits per heavy atom. The van der Waals surface area contributed by atoms with E-state index in [1.165, 1.54) is 11.8 Å². The summed E-state index contributed by atoms with van der Waals surface area (Å²) in [5.41, 5.74) is 0.603. The lowest BCUT2D eigenvalue weighted by atomic mass is 10.1. The summed E-state index contributed by atoms with van der Waals surface area (Å²) in [6, 6.07) is 3.52. The number of likely N-dealkylation sites (tertiary alicyclic amines) is 1. The quantitative estimate of drug-likeness (QED) is 0.851. The van der Waals surface area contributed by atoms with E-state index in [0.29, 0.717) is 23.7 Å². The molecule has 1 aromatic heterocycles. The molecule has 19 heavy (non-hydrogen) atoms. The zero-order chi connectivity index (χ0) is 13.8. The van der Waals surface area contributed by atoms with Crippen molar-refractivity contribution in [2.24, 2.45) is 5.92 Å². The summed E-state index contributed by atoms with van der Waals surface area (Å²) < 4.78 is 0. The molecule has 102 valence electrons. The van der Waals surface area contributed by atoms with Crippen LogP contribution in [0.5, 0.6) is 0 Å². The van der Waals surface area contributed by atoms with Crippen molar-refractivity contribution in [1.82, 2.24) is 9.88 Å². The highest BCUT2D eigenvalue weighted by molar-refractivity contribution is 7.98. The number of pyridine rings is 1. The van der Waals surface area contributed by atoms with Gasteiger partial charge in [0.15, 0.2) is 0 Å². The van der Waals surface area contributed by atoms with Gasteiger partial charge < -0.3 is 10.0 Å². The van der Waals surface area contributed by atoms with Crippen molar-refractivity contribution in [2.75, 3.05) is 19.3 Å². The van der Waals surface area contributed by atoms with Crippen molar-refractivity contribution in [2.45, 2.75) is 17.9 Å². The van der Waals surface area contributed by atoms with E-state index in [9.17, 15) is 9.59 Å². The van der Waals surface area contributed by atoms with Crippen LogP contribution in [0.2, 0.25) is 0 Å². The Balaban J connectivity index is 2.07. The number of nitrogens with zero attached hydrogens (tertiary/aromatic N) is 2. The Bertz CT molecular complexity index is 493. The molecule has 1 fully saturated rings. The Kier molecular flexibility index (Phi) is 4.42. The molecule has 1 aromatic rings. The van der Waals surface area contributed by atoms with Crippen molar-refractivity contribution in [3.63, 3.8) is 0 Å². The minimum Gasteiger partial charge on any atom is -0.481 e. The van der Waals surface area contributed by atoms with Crippen molar-refractivity contribution >= 4 is 23.6 Å². The van der Waals surface area contributed by atoms with E-state index < -0.39 is 5.97 Å². The van der Waals surface area contributed by atoms with Gasteiger partial charge >= 0.3 is 5.97 Å². The molecule has 0 spiro atoms. The van der Waals surface area contributed by atoms with Gasteiger partial charge in [0.2, 0.25) is 0 Å². The lowest BCUT2D eigenvalue weighted by Gasteiger charge is -2.17. The molecule has 5 nitrogen and oxygen atoms in total. The number of hydrogen-bond acceptors (Lipinski definition) is 4. The fourth-order valence-electron chi connectivity index (χ4n) is 2.32. The summed E-state index contributed by atoms with van der Waals surface area (Å²) >= 11 is 1.44. The molecule has 1 N–H and O–H groups in total. The van der Waals surface area contributed by atoms with E-state index in [0.717, 1.165) is 6.42 Å². The maximum atomic E-state index is 12.4. The van der Waals surface area contributed by atoms with Gasteiger partial charge in [-0.05, 0) is 30.7 Å². The minimum absolute atomic E-state index is 0.0506. The molecule has 1 aliphatic rings. The summed E-state index contributed by atoms with van der Waals surface area (Å²) in [4.78, 5) is 29.0. The van der Waals surface area contributed by atoms with E-state index in [1.807, 2.05) is 6.26 Å². The second kappa shape index (κ2) is 6.06. The van der Waals surface area contributed by atoms with Crippen LogP contribution in [0.15, 0.2) is 23.4 Å². The summed E-state index contributed by atoms with van der Waals surface area (Å²) in [6.07, 6.45) is 4.44. The van der Waals surface area contributed by atoms with Crippen molar-refractivity contribution in [1.29, 1.82) is 0 Å². The normalized spacial score (nSPS) is 18.6. The van der Waals surface area contributed by atoms with E-state index in [4.69, 9.17) is 5.11 Å². The van der Waals surface area contributed by atoms with Crippen LogP contribution < -0.4 is 0 Å². The average molecular weight is 280 g/mol. The van der Waals surface area contributed by atoms with Gasteiger partial charge in [0, 0.05) is 25.7 Å². The molecule has 1 saturated heterocycles. The van der Waals surface area contributed by atoms with Crippen molar-refractivity contribution < 1.29 is 14.7 Å². The van der Waals surface area contributed by atoms with Crippen LogP contribution in [0, 0.1) is 5.92 Å². The van der Waals surface area contributed by atoms with Gasteiger partial charge in [-0.1, -0.05) is 0 Å². The summed E-state index contributed by atoms with van der Waals surface area (Å²) in [5, 5.41) is 9.50. The zero-order valence-corrected chi connectivity index (χ0v) is 11.5. The Labute approximate surface area is 116 Å². The summed E-state index contributed by atoms with van der Waals surface area (Å²) in [6.45, 7) is 1.15. The fourth-order valence-corrected chi connectivity index (χ4v) is 2.86. The van der Waals surface area contributed by atoms with Gasteiger partial charge in [-0.25, -0.2) is 4.98 Å². The third-order valence-electron chi connectivity index (χ3n) is 3.23. The number of carbonyl (C=O) groups is 2. The Morgan fingerprint density at radius 1 is 1.58 bits per heavy atom. The maximum Gasteiger partial charge on any atom is 0.303 e. The molecule has 2 heterocycles. The highest BCUT2D eigenvalue weighted by Crippen LogP contribution is 2.24. The van der Waals surface area contributed by atoms with Crippen molar-refractivity contribution in [3.05, 3.63) is 23.9 Å². The molecule has 0 saturated carbocycles. The number of aromatic nitrogens is 1. The van der Waals surface area contributed by atoms with Crippen LogP contribution in [0.4, 0.5) is 0 Å². The third kappa shape index (κ3) is 3.26. The molecule has 0 radical (unpaired) electrons. The number of amides is 1. The SMILES string of the molecule is CSc1ncccc1C(=O)N1CCC(CC(=O)O)C1. The first-order chi connectivity index (χ1) is 9.11. The van der Waals surface area contributed by atoms with Gasteiger partial charge in [-0.2, -0.15) is 0 Å². The predicted molar refractivity (Wildman–Crippen MR) is 72.3 cm³/mol. The van der Waals surface area contributed by atoms with Crippen molar-refractivity contribution in [3.8, 4) is 0 Å². The first-order valence-electron chi connectivity index (χ1n) is 6.12. The van der Waals surface area contributed by atoms with Crippen LogP contribution in [-0.4, -0.2) is 46.2 Å². The number of hydrogen-bond donors (Lipinski definition) is 1. The second-order valence-electron chi connectivity index (χ2n) is 4.56. The zero-order valence-electron chi connectivity index (χ0n) is 10.7. The average Bonchev–Trinajstić information content (AvgIpc) is 2.85. The van der Waals surface area contributed by atoms with E-state index in [1.54, 1.807) is 23.2 Å². The van der Waals surface area contributed by atoms with E-state index in [2.05, 4.69) is 4.98 Å². The topological polar surface area (TPSA) is 70.5 Å². The van der Waals surface area contributed by atoms with Gasteiger partial charge in [0.1, 0.15) is 5.03 Å². The first-order valence-corrected chi connectivity index (χ1v) is 7.34. The number of thioether (sulfide) groups is 1. The molecule has 0 aromatic carbocycles. The molecular weight excluding hydrogens is 264 g/mol. The van der Waals surface area contributed by atoms with E-state index >= 15 is 0 Å². The van der Waals surface area contributed by atoms with Gasteiger partial charge in [-0.3, -0.25) is 9.59 Å². The highest BCUT2D eigenvalue weighted by atomic mass is 32.2. The molecule has 1 unspecified atom stereocenters. The molecule has 2 rings (SSSR count). The second-order valence-corrected chi connectivity index (χ2v) is 5.36. The molecular formula is C13H16N2O3S. The van der Waals surface area contributed by atoms with Crippen LogP contribution in [-0.2, 0) is 4.79 Å². The molecule has 1 aliphatic heterocycles. The van der Waals surface area contributed by atoms with Gasteiger partial charge in [0.25, 0.3) is 5.91 Å². The highest BCUT2D eigenvalue weighted by Gasteiger charge is 2.29. The van der Waals surface area contributed by atoms with Crippen LogP contribution >= 0.6 is 11.8 Å². The number of rotatable bonds is 4. The smallest absolute Gasteiger partial charge is 0.303 e. The number of aliphatic carboxylic acids is 1. The maximum absolute atomic E-state index is 12.4. The minimum atomic E-state index is -0.800.